The number of hydrogen-bond acceptors (Lipinski definition) is 4. The molecule has 3 aliphatic rings. The zero-order chi connectivity index (χ0) is 14.7. The lowest BCUT2D eigenvalue weighted by atomic mass is 9.76. The van der Waals surface area contributed by atoms with Crippen LogP contribution in [0.15, 0.2) is 12.2 Å². The number of aliphatic hydroxyl groups is 1. The maximum atomic E-state index is 12.0. The minimum absolute atomic E-state index is 0.0660. The summed E-state index contributed by atoms with van der Waals surface area (Å²) in [5.74, 6) is -1.11. The molecule has 0 aromatic carbocycles. The van der Waals surface area contributed by atoms with Crippen LogP contribution < -0.4 is 0 Å². The minimum atomic E-state index is -1.62. The summed E-state index contributed by atoms with van der Waals surface area (Å²) in [5, 5.41) is 10.5. The Hall–Kier alpha value is -0.870. The molecule has 3 fully saturated rings. The Labute approximate surface area is 123 Å². The zero-order valence-corrected chi connectivity index (χ0v) is 12.2. The molecule has 0 spiro atoms. The molecule has 0 radical (unpaired) electrons. The fourth-order valence-corrected chi connectivity index (χ4v) is 4.50. The standard InChI is InChI=1S/C15H19ClO4/c1-7-3-4-10-13(20-14(18)15(10,19)6-16)12-8(2)11(17)5-9(7)12/h8-10,12-13,19H,1,3-6H2,2H3. The van der Waals surface area contributed by atoms with Gasteiger partial charge in [0.25, 0.3) is 0 Å². The highest BCUT2D eigenvalue weighted by Crippen LogP contribution is 2.52. The first kappa shape index (κ1) is 14.1. The fraction of sp³-hybridized carbons (Fsp3) is 0.733. The molecular weight excluding hydrogens is 280 g/mol. The molecule has 1 heterocycles. The van der Waals surface area contributed by atoms with E-state index in [4.69, 9.17) is 16.3 Å². The molecule has 110 valence electrons. The van der Waals surface area contributed by atoms with Crippen molar-refractivity contribution in [2.24, 2.45) is 23.7 Å². The van der Waals surface area contributed by atoms with Crippen LogP contribution in [0.25, 0.3) is 0 Å². The molecule has 5 heteroatoms. The van der Waals surface area contributed by atoms with Crippen LogP contribution in [-0.4, -0.2) is 34.4 Å². The molecule has 0 aromatic rings. The van der Waals surface area contributed by atoms with Gasteiger partial charge in [0.15, 0.2) is 5.60 Å². The summed E-state index contributed by atoms with van der Waals surface area (Å²) >= 11 is 5.82. The third-order valence-corrected chi connectivity index (χ3v) is 5.87. The number of fused-ring (bicyclic) bond motifs is 3. The Kier molecular flexibility index (Phi) is 3.22. The number of ether oxygens (including phenoxy) is 1. The summed E-state index contributed by atoms with van der Waals surface area (Å²) in [6, 6.07) is 0. The van der Waals surface area contributed by atoms with Crippen LogP contribution in [-0.2, 0) is 14.3 Å². The maximum absolute atomic E-state index is 12.0. The van der Waals surface area contributed by atoms with Gasteiger partial charge in [-0.05, 0) is 18.8 Å². The van der Waals surface area contributed by atoms with E-state index in [2.05, 4.69) is 6.58 Å². The highest BCUT2D eigenvalue weighted by Gasteiger charge is 2.62. The number of halogens is 1. The Morgan fingerprint density at radius 3 is 2.85 bits per heavy atom. The van der Waals surface area contributed by atoms with Crippen molar-refractivity contribution in [3.63, 3.8) is 0 Å². The van der Waals surface area contributed by atoms with Crippen molar-refractivity contribution in [1.29, 1.82) is 0 Å². The number of ketones is 1. The molecule has 0 aromatic heterocycles. The van der Waals surface area contributed by atoms with Gasteiger partial charge in [0.05, 0.1) is 5.88 Å². The molecular formula is C15H19ClO4. The van der Waals surface area contributed by atoms with Crippen LogP contribution >= 0.6 is 11.6 Å². The molecule has 20 heavy (non-hydrogen) atoms. The van der Waals surface area contributed by atoms with E-state index < -0.39 is 17.7 Å². The number of Topliss-reactive ketones (excluding diaryl/α,β-unsaturated/α-hetero) is 1. The molecule has 1 N–H and O–H groups in total. The number of carbonyl (C=O) groups excluding carboxylic acids is 2. The molecule has 6 unspecified atom stereocenters. The van der Waals surface area contributed by atoms with Gasteiger partial charge >= 0.3 is 5.97 Å². The van der Waals surface area contributed by atoms with Gasteiger partial charge in [-0.25, -0.2) is 4.79 Å². The van der Waals surface area contributed by atoms with Crippen molar-refractivity contribution in [2.45, 2.75) is 37.9 Å². The topological polar surface area (TPSA) is 63.6 Å². The maximum Gasteiger partial charge on any atom is 0.340 e. The molecule has 2 aliphatic carbocycles. The number of esters is 1. The molecule has 2 saturated carbocycles. The first-order valence-electron chi connectivity index (χ1n) is 7.10. The monoisotopic (exact) mass is 298 g/mol. The van der Waals surface area contributed by atoms with Crippen LogP contribution in [0.2, 0.25) is 0 Å². The molecule has 1 aliphatic heterocycles. The van der Waals surface area contributed by atoms with E-state index >= 15 is 0 Å². The predicted molar refractivity (Wildman–Crippen MR) is 73.2 cm³/mol. The van der Waals surface area contributed by atoms with Crippen molar-refractivity contribution in [3.05, 3.63) is 12.2 Å². The lowest BCUT2D eigenvalue weighted by Crippen LogP contribution is -2.45. The number of hydrogen-bond donors (Lipinski definition) is 1. The summed E-state index contributed by atoms with van der Waals surface area (Å²) in [4.78, 5) is 24.0. The fourth-order valence-electron chi connectivity index (χ4n) is 4.19. The molecule has 0 amide bonds. The number of carbonyl (C=O) groups is 2. The SMILES string of the molecule is C=C1CCC2C(OC(=O)C2(O)CCl)C2C(C)C(=O)CC12. The van der Waals surface area contributed by atoms with E-state index in [-0.39, 0.29) is 35.3 Å². The second kappa shape index (κ2) is 4.57. The van der Waals surface area contributed by atoms with E-state index in [1.54, 1.807) is 0 Å². The molecule has 3 rings (SSSR count). The third kappa shape index (κ3) is 1.70. The van der Waals surface area contributed by atoms with Crippen LogP contribution in [0.5, 0.6) is 0 Å². The van der Waals surface area contributed by atoms with Gasteiger partial charge in [-0.1, -0.05) is 19.1 Å². The van der Waals surface area contributed by atoms with Gasteiger partial charge in [-0.3, -0.25) is 4.79 Å². The third-order valence-electron chi connectivity index (χ3n) is 5.46. The number of rotatable bonds is 1. The van der Waals surface area contributed by atoms with Crippen LogP contribution in [0.1, 0.15) is 26.2 Å². The van der Waals surface area contributed by atoms with Gasteiger partial charge in [-0.15, -0.1) is 11.6 Å². The van der Waals surface area contributed by atoms with Crippen LogP contribution in [0, 0.1) is 23.7 Å². The smallest absolute Gasteiger partial charge is 0.340 e. The molecule has 4 nitrogen and oxygen atoms in total. The largest absolute Gasteiger partial charge is 0.459 e. The second-order valence-corrected chi connectivity index (χ2v) is 6.64. The van der Waals surface area contributed by atoms with Gasteiger partial charge in [0.1, 0.15) is 11.9 Å². The number of allylic oxidation sites excluding steroid dienone is 1. The summed E-state index contributed by atoms with van der Waals surface area (Å²) < 4.78 is 5.47. The molecule has 0 bridgehead atoms. The summed E-state index contributed by atoms with van der Waals surface area (Å²) in [6.45, 7) is 5.98. The lowest BCUT2D eigenvalue weighted by molar-refractivity contribution is -0.155. The highest BCUT2D eigenvalue weighted by molar-refractivity contribution is 6.20. The van der Waals surface area contributed by atoms with Gasteiger partial charge in [-0.2, -0.15) is 0 Å². The zero-order valence-electron chi connectivity index (χ0n) is 11.5. The van der Waals surface area contributed by atoms with E-state index in [0.29, 0.717) is 19.3 Å². The van der Waals surface area contributed by atoms with E-state index in [9.17, 15) is 14.7 Å². The molecule has 6 atom stereocenters. The van der Waals surface area contributed by atoms with Crippen LogP contribution in [0.3, 0.4) is 0 Å². The predicted octanol–water partition coefficient (Wildman–Crippen LogP) is 1.69. The average Bonchev–Trinajstić information content (AvgIpc) is 2.79. The Balaban J connectivity index is 2.02. The van der Waals surface area contributed by atoms with Crippen molar-refractivity contribution in [3.8, 4) is 0 Å². The number of alkyl halides is 1. The van der Waals surface area contributed by atoms with E-state index in [1.165, 1.54) is 0 Å². The summed E-state index contributed by atoms with van der Waals surface area (Å²) in [7, 11) is 0. The normalized spacial score (nSPS) is 47.8. The van der Waals surface area contributed by atoms with Crippen molar-refractivity contribution in [1.82, 2.24) is 0 Å². The first-order chi connectivity index (χ1) is 9.40. The summed E-state index contributed by atoms with van der Waals surface area (Å²) in [5.41, 5.74) is -0.581. The van der Waals surface area contributed by atoms with Crippen molar-refractivity contribution < 1.29 is 19.4 Å². The first-order valence-corrected chi connectivity index (χ1v) is 7.63. The Morgan fingerprint density at radius 1 is 1.50 bits per heavy atom. The van der Waals surface area contributed by atoms with E-state index in [0.717, 1.165) is 5.57 Å². The second-order valence-electron chi connectivity index (χ2n) is 6.37. The Bertz CT molecular complexity index is 488. The quantitative estimate of drug-likeness (QED) is 0.454. The van der Waals surface area contributed by atoms with Gasteiger partial charge in [0, 0.05) is 24.2 Å². The van der Waals surface area contributed by atoms with Crippen molar-refractivity contribution in [2.75, 3.05) is 5.88 Å². The van der Waals surface area contributed by atoms with Gasteiger partial charge in [0.2, 0.25) is 0 Å². The lowest BCUT2D eigenvalue weighted by Gasteiger charge is -2.29. The van der Waals surface area contributed by atoms with Crippen molar-refractivity contribution >= 4 is 23.4 Å². The highest BCUT2D eigenvalue weighted by atomic mass is 35.5. The molecule has 1 saturated heterocycles. The summed E-state index contributed by atoms with van der Waals surface area (Å²) in [6.07, 6.45) is 1.40. The average molecular weight is 299 g/mol. The van der Waals surface area contributed by atoms with E-state index in [1.807, 2.05) is 6.92 Å². The minimum Gasteiger partial charge on any atom is -0.459 e. The van der Waals surface area contributed by atoms with Gasteiger partial charge < -0.3 is 9.84 Å². The Morgan fingerprint density at radius 2 is 2.20 bits per heavy atom. The van der Waals surface area contributed by atoms with Crippen LogP contribution in [0.4, 0.5) is 0 Å².